The molecule has 100 valence electrons. The van der Waals surface area contributed by atoms with E-state index in [9.17, 15) is 9.18 Å². The number of hydrogen-bond donors (Lipinski definition) is 1. The Labute approximate surface area is 116 Å². The molecule has 2 aromatic rings. The van der Waals surface area contributed by atoms with E-state index >= 15 is 0 Å². The lowest BCUT2D eigenvalue weighted by atomic mass is 10.1. The van der Waals surface area contributed by atoms with Crippen LogP contribution in [0.2, 0.25) is 0 Å². The molecule has 3 nitrogen and oxygen atoms in total. The van der Waals surface area contributed by atoms with E-state index in [0.29, 0.717) is 5.69 Å². The van der Waals surface area contributed by atoms with Crippen LogP contribution in [0.1, 0.15) is 16.7 Å². The standard InChI is InChI=1S/C16H13FN2O/c1-11-2-4-12(5-3-11)8-16(20)19-15-7-6-14(17)9-13(15)10-18/h2-7,9H,8H2,1H3,(H,19,20). The van der Waals surface area contributed by atoms with Crippen LogP contribution in [0.3, 0.4) is 0 Å². The molecule has 0 aromatic heterocycles. The van der Waals surface area contributed by atoms with E-state index in [0.717, 1.165) is 17.2 Å². The molecule has 0 unspecified atom stereocenters. The van der Waals surface area contributed by atoms with Crippen molar-refractivity contribution in [1.82, 2.24) is 0 Å². The fourth-order valence-corrected chi connectivity index (χ4v) is 1.80. The second-order valence-electron chi connectivity index (χ2n) is 4.51. The number of anilines is 1. The minimum Gasteiger partial charge on any atom is -0.325 e. The number of nitriles is 1. The van der Waals surface area contributed by atoms with Crippen molar-refractivity contribution in [3.05, 3.63) is 65.0 Å². The van der Waals surface area contributed by atoms with Gasteiger partial charge >= 0.3 is 0 Å². The molecule has 0 bridgehead atoms. The largest absolute Gasteiger partial charge is 0.325 e. The zero-order valence-electron chi connectivity index (χ0n) is 11.0. The van der Waals surface area contributed by atoms with Crippen LogP contribution in [0, 0.1) is 24.1 Å². The number of nitrogens with zero attached hydrogens (tertiary/aromatic N) is 1. The first kappa shape index (κ1) is 13.8. The van der Waals surface area contributed by atoms with Gasteiger partial charge in [-0.05, 0) is 30.7 Å². The van der Waals surface area contributed by atoms with Gasteiger partial charge in [-0.15, -0.1) is 0 Å². The maximum absolute atomic E-state index is 13.0. The first-order chi connectivity index (χ1) is 9.58. The van der Waals surface area contributed by atoms with E-state index in [2.05, 4.69) is 5.32 Å². The zero-order chi connectivity index (χ0) is 14.5. The summed E-state index contributed by atoms with van der Waals surface area (Å²) in [6.45, 7) is 1.97. The Bertz CT molecular complexity index is 672. The van der Waals surface area contributed by atoms with Gasteiger partial charge in [0.15, 0.2) is 0 Å². The maximum Gasteiger partial charge on any atom is 0.228 e. The van der Waals surface area contributed by atoms with Gasteiger partial charge in [0.1, 0.15) is 11.9 Å². The predicted octanol–water partition coefficient (Wildman–Crippen LogP) is 3.19. The van der Waals surface area contributed by atoms with Crippen LogP contribution in [0.25, 0.3) is 0 Å². The molecular weight excluding hydrogens is 255 g/mol. The highest BCUT2D eigenvalue weighted by Crippen LogP contribution is 2.16. The van der Waals surface area contributed by atoms with Gasteiger partial charge in [-0.3, -0.25) is 4.79 Å². The summed E-state index contributed by atoms with van der Waals surface area (Å²) < 4.78 is 13.0. The first-order valence-electron chi connectivity index (χ1n) is 6.13. The van der Waals surface area contributed by atoms with Crippen LogP contribution in [-0.2, 0) is 11.2 Å². The molecule has 0 atom stereocenters. The second-order valence-corrected chi connectivity index (χ2v) is 4.51. The monoisotopic (exact) mass is 268 g/mol. The summed E-state index contributed by atoms with van der Waals surface area (Å²) in [6.07, 6.45) is 0.211. The number of rotatable bonds is 3. The lowest BCUT2D eigenvalue weighted by Gasteiger charge is -2.07. The maximum atomic E-state index is 13.0. The summed E-state index contributed by atoms with van der Waals surface area (Å²) in [4.78, 5) is 11.9. The average molecular weight is 268 g/mol. The third-order valence-electron chi connectivity index (χ3n) is 2.86. The summed E-state index contributed by atoms with van der Waals surface area (Å²) in [5.41, 5.74) is 2.45. The van der Waals surface area contributed by atoms with Crippen LogP contribution in [0.5, 0.6) is 0 Å². The molecule has 0 radical (unpaired) electrons. The Morgan fingerprint density at radius 3 is 2.60 bits per heavy atom. The van der Waals surface area contributed by atoms with Gasteiger partial charge in [-0.1, -0.05) is 29.8 Å². The van der Waals surface area contributed by atoms with Gasteiger partial charge < -0.3 is 5.32 Å². The molecule has 20 heavy (non-hydrogen) atoms. The van der Waals surface area contributed by atoms with Gasteiger partial charge in [0, 0.05) is 0 Å². The number of hydrogen-bond acceptors (Lipinski definition) is 2. The molecule has 0 aliphatic heterocycles. The van der Waals surface area contributed by atoms with Crippen LogP contribution in [0.15, 0.2) is 42.5 Å². The average Bonchev–Trinajstić information content (AvgIpc) is 2.43. The van der Waals surface area contributed by atoms with E-state index in [1.165, 1.54) is 12.1 Å². The van der Waals surface area contributed by atoms with Crippen molar-refractivity contribution in [1.29, 1.82) is 5.26 Å². The smallest absolute Gasteiger partial charge is 0.228 e. The fraction of sp³-hybridized carbons (Fsp3) is 0.125. The lowest BCUT2D eigenvalue weighted by molar-refractivity contribution is -0.115. The van der Waals surface area contributed by atoms with Gasteiger partial charge in [0.25, 0.3) is 0 Å². The topological polar surface area (TPSA) is 52.9 Å². The molecule has 0 heterocycles. The van der Waals surface area contributed by atoms with Crippen molar-refractivity contribution in [3.8, 4) is 6.07 Å². The molecule has 0 aliphatic rings. The van der Waals surface area contributed by atoms with Gasteiger partial charge in [-0.2, -0.15) is 5.26 Å². The molecule has 0 fully saturated rings. The van der Waals surface area contributed by atoms with Crippen molar-refractivity contribution < 1.29 is 9.18 Å². The summed E-state index contributed by atoms with van der Waals surface area (Å²) in [6, 6.07) is 13.2. The first-order valence-corrected chi connectivity index (χ1v) is 6.13. The quantitative estimate of drug-likeness (QED) is 0.929. The zero-order valence-corrected chi connectivity index (χ0v) is 11.0. The van der Waals surface area contributed by atoms with E-state index in [-0.39, 0.29) is 17.9 Å². The van der Waals surface area contributed by atoms with Gasteiger partial charge in [0.05, 0.1) is 17.7 Å². The van der Waals surface area contributed by atoms with Crippen molar-refractivity contribution in [2.75, 3.05) is 5.32 Å². The molecule has 0 spiro atoms. The van der Waals surface area contributed by atoms with Crippen LogP contribution >= 0.6 is 0 Å². The van der Waals surface area contributed by atoms with E-state index in [1.54, 1.807) is 0 Å². The molecule has 0 saturated carbocycles. The normalized spacial score (nSPS) is 9.85. The third kappa shape index (κ3) is 3.42. The minimum absolute atomic E-state index is 0.113. The highest BCUT2D eigenvalue weighted by molar-refractivity contribution is 5.93. The van der Waals surface area contributed by atoms with Crippen molar-refractivity contribution in [3.63, 3.8) is 0 Å². The summed E-state index contributed by atoms with van der Waals surface area (Å²) in [5, 5.41) is 11.5. The lowest BCUT2D eigenvalue weighted by Crippen LogP contribution is -2.15. The van der Waals surface area contributed by atoms with Crippen LogP contribution in [0.4, 0.5) is 10.1 Å². The van der Waals surface area contributed by atoms with E-state index in [1.807, 2.05) is 37.3 Å². The predicted molar refractivity (Wildman–Crippen MR) is 74.6 cm³/mol. The van der Waals surface area contributed by atoms with Crippen molar-refractivity contribution >= 4 is 11.6 Å². The third-order valence-corrected chi connectivity index (χ3v) is 2.86. The minimum atomic E-state index is -0.502. The highest BCUT2D eigenvalue weighted by atomic mass is 19.1. The molecule has 4 heteroatoms. The second kappa shape index (κ2) is 5.98. The van der Waals surface area contributed by atoms with Gasteiger partial charge in [-0.25, -0.2) is 4.39 Å². The number of carbonyl (C=O) groups excluding carboxylic acids is 1. The van der Waals surface area contributed by atoms with Crippen LogP contribution in [-0.4, -0.2) is 5.91 Å². The number of nitrogens with one attached hydrogen (secondary N) is 1. The molecule has 2 rings (SSSR count). The Kier molecular flexibility index (Phi) is 4.11. The summed E-state index contributed by atoms with van der Waals surface area (Å²) in [7, 11) is 0. The van der Waals surface area contributed by atoms with Crippen molar-refractivity contribution in [2.45, 2.75) is 13.3 Å². The fourth-order valence-electron chi connectivity index (χ4n) is 1.80. The Morgan fingerprint density at radius 1 is 1.25 bits per heavy atom. The molecule has 1 N–H and O–H groups in total. The molecule has 0 aliphatic carbocycles. The number of amides is 1. The van der Waals surface area contributed by atoms with E-state index < -0.39 is 5.82 Å². The van der Waals surface area contributed by atoms with Crippen LogP contribution < -0.4 is 5.32 Å². The van der Waals surface area contributed by atoms with Crippen molar-refractivity contribution in [2.24, 2.45) is 0 Å². The Hall–Kier alpha value is -2.67. The number of halogens is 1. The number of benzene rings is 2. The summed E-state index contributed by atoms with van der Waals surface area (Å²) >= 11 is 0. The Balaban J connectivity index is 2.09. The SMILES string of the molecule is Cc1ccc(CC(=O)Nc2ccc(F)cc2C#N)cc1. The highest BCUT2D eigenvalue weighted by Gasteiger charge is 2.08. The molecule has 2 aromatic carbocycles. The molecule has 1 amide bonds. The van der Waals surface area contributed by atoms with E-state index in [4.69, 9.17) is 5.26 Å². The molecule has 0 saturated heterocycles. The number of carbonyl (C=O) groups is 1. The Morgan fingerprint density at radius 2 is 1.95 bits per heavy atom. The molecular formula is C16H13FN2O. The van der Waals surface area contributed by atoms with Gasteiger partial charge in [0.2, 0.25) is 5.91 Å². The number of aryl methyl sites for hydroxylation is 1. The summed E-state index contributed by atoms with van der Waals surface area (Å²) in [5.74, 6) is -0.741.